The van der Waals surface area contributed by atoms with Gasteiger partial charge in [0.15, 0.2) is 0 Å². The fraction of sp³-hybridized carbons (Fsp3) is 0.500. The van der Waals surface area contributed by atoms with E-state index in [-0.39, 0.29) is 24.5 Å². The lowest BCUT2D eigenvalue weighted by Crippen LogP contribution is -2.45. The maximum atomic E-state index is 12.1. The summed E-state index contributed by atoms with van der Waals surface area (Å²) < 4.78 is 10.0. The lowest BCUT2D eigenvalue weighted by molar-refractivity contribution is -0.157. The van der Waals surface area contributed by atoms with Crippen LogP contribution in [0.4, 0.5) is 5.69 Å². The van der Waals surface area contributed by atoms with Crippen LogP contribution in [0.25, 0.3) is 10.4 Å². The van der Waals surface area contributed by atoms with Crippen LogP contribution in [-0.2, 0) is 31.3 Å². The minimum Gasteiger partial charge on any atom is -0.469 e. The maximum Gasteiger partial charge on any atom is 0.309 e. The van der Waals surface area contributed by atoms with E-state index in [9.17, 15) is 14.7 Å². The van der Waals surface area contributed by atoms with E-state index in [0.29, 0.717) is 30.0 Å². The van der Waals surface area contributed by atoms with E-state index in [0.717, 1.165) is 16.0 Å². The monoisotopic (exact) mass is 432 g/mol. The van der Waals surface area contributed by atoms with Crippen molar-refractivity contribution in [2.45, 2.75) is 52.2 Å². The van der Waals surface area contributed by atoms with Crippen molar-refractivity contribution in [1.82, 2.24) is 4.98 Å². The second-order valence-electron chi connectivity index (χ2n) is 8.58. The van der Waals surface area contributed by atoms with Crippen LogP contribution in [-0.4, -0.2) is 29.1 Å². The molecule has 3 rings (SSSR count). The number of carbonyl (C=O) groups excluding carboxylic acids is 2. The molecule has 1 fully saturated rings. The third kappa shape index (κ3) is 4.65. The highest BCUT2D eigenvalue weighted by Crippen LogP contribution is 2.51. The molecule has 1 aromatic carbocycles. The Bertz CT molecular complexity index is 955. The zero-order valence-corrected chi connectivity index (χ0v) is 18.5. The Hall–Kier alpha value is -2.45. The van der Waals surface area contributed by atoms with Crippen LogP contribution in [0.15, 0.2) is 24.4 Å². The van der Waals surface area contributed by atoms with Gasteiger partial charge in [0, 0.05) is 18.8 Å². The number of hydrogen-bond acceptors (Lipinski definition) is 8. The minimum absolute atomic E-state index is 0.145. The molecule has 1 aromatic heterocycles. The van der Waals surface area contributed by atoms with E-state index in [1.54, 1.807) is 12.3 Å². The molecular weight excluding hydrogens is 404 g/mol. The smallest absolute Gasteiger partial charge is 0.309 e. The van der Waals surface area contributed by atoms with Gasteiger partial charge in [-0.1, -0.05) is 13.8 Å². The largest absolute Gasteiger partial charge is 0.469 e. The zero-order valence-electron chi connectivity index (χ0n) is 17.7. The number of rotatable bonds is 5. The zero-order chi connectivity index (χ0) is 22.1. The third-order valence-electron chi connectivity index (χ3n) is 5.67. The van der Waals surface area contributed by atoms with Gasteiger partial charge in [0.25, 0.3) is 0 Å². The van der Waals surface area contributed by atoms with E-state index >= 15 is 0 Å². The molecule has 0 amide bonds. The summed E-state index contributed by atoms with van der Waals surface area (Å²) in [4.78, 5) is 28.6. The normalized spacial score (nSPS) is 23.0. The summed E-state index contributed by atoms with van der Waals surface area (Å²) in [5.41, 5.74) is 6.70. The Labute approximate surface area is 180 Å². The van der Waals surface area contributed by atoms with Crippen LogP contribution in [0.3, 0.4) is 0 Å². The van der Waals surface area contributed by atoms with Crippen molar-refractivity contribution in [3.8, 4) is 10.4 Å². The molecule has 162 valence electrons. The number of anilines is 1. The minimum atomic E-state index is -1.10. The number of ether oxygens (including phenoxy) is 2. The second-order valence-corrected chi connectivity index (χ2v) is 9.62. The van der Waals surface area contributed by atoms with Crippen molar-refractivity contribution < 1.29 is 24.2 Å². The highest BCUT2D eigenvalue weighted by Gasteiger charge is 2.49. The number of nitrogens with two attached hydrogens (primary N) is 1. The molecule has 30 heavy (non-hydrogen) atoms. The summed E-state index contributed by atoms with van der Waals surface area (Å²) in [6, 6.07) is 5.49. The van der Waals surface area contributed by atoms with Crippen molar-refractivity contribution in [3.63, 3.8) is 0 Å². The van der Waals surface area contributed by atoms with Crippen molar-refractivity contribution in [3.05, 3.63) is 35.0 Å². The number of esters is 2. The number of nitrogens with zero attached hydrogens (tertiary/aromatic N) is 1. The number of carbonyl (C=O) groups is 2. The first-order valence-electron chi connectivity index (χ1n) is 9.84. The van der Waals surface area contributed by atoms with E-state index in [1.165, 1.54) is 25.4 Å². The van der Waals surface area contributed by atoms with Gasteiger partial charge in [-0.05, 0) is 54.0 Å². The average molecular weight is 433 g/mol. The molecule has 1 aliphatic carbocycles. The number of thiazole rings is 1. The molecule has 0 aliphatic heterocycles. The molecule has 2 unspecified atom stereocenters. The van der Waals surface area contributed by atoms with Crippen LogP contribution in [0.5, 0.6) is 0 Å². The number of benzene rings is 1. The van der Waals surface area contributed by atoms with Gasteiger partial charge in [0.05, 0.1) is 17.9 Å². The summed E-state index contributed by atoms with van der Waals surface area (Å²) in [7, 11) is 1.40. The Balaban J connectivity index is 1.84. The van der Waals surface area contributed by atoms with Crippen molar-refractivity contribution >= 4 is 29.0 Å². The first-order valence-corrected chi connectivity index (χ1v) is 10.7. The van der Waals surface area contributed by atoms with Gasteiger partial charge in [0.2, 0.25) is 0 Å². The van der Waals surface area contributed by atoms with Crippen LogP contribution in [0.2, 0.25) is 0 Å². The fourth-order valence-corrected chi connectivity index (χ4v) is 5.27. The number of aliphatic hydroxyl groups is 1. The first kappa shape index (κ1) is 22.2. The lowest BCUT2D eigenvalue weighted by atomic mass is 9.63. The summed E-state index contributed by atoms with van der Waals surface area (Å²) in [6.45, 7) is 5.46. The molecule has 0 radical (unpaired) electrons. The molecule has 1 saturated carbocycles. The highest BCUT2D eigenvalue weighted by molar-refractivity contribution is 7.15. The molecule has 2 atom stereocenters. The molecule has 1 heterocycles. The lowest BCUT2D eigenvalue weighted by Gasteiger charge is -2.44. The van der Waals surface area contributed by atoms with Gasteiger partial charge < -0.3 is 20.3 Å². The second kappa shape index (κ2) is 8.35. The first-order chi connectivity index (χ1) is 14.0. The Morgan fingerprint density at radius 3 is 2.70 bits per heavy atom. The number of nitrogen functional groups attached to an aromatic ring is 1. The molecule has 0 bridgehead atoms. The van der Waals surface area contributed by atoms with Gasteiger partial charge in [-0.3, -0.25) is 9.59 Å². The molecule has 7 nitrogen and oxygen atoms in total. The molecule has 0 spiro atoms. The maximum absolute atomic E-state index is 12.1. The Kier molecular flexibility index (Phi) is 6.19. The quantitative estimate of drug-likeness (QED) is 0.548. The van der Waals surface area contributed by atoms with Gasteiger partial charge >= 0.3 is 11.9 Å². The molecular formula is C22H28N2O5S. The van der Waals surface area contributed by atoms with Crippen molar-refractivity contribution in [1.29, 1.82) is 0 Å². The molecule has 3 N–H and O–H groups in total. The summed E-state index contributed by atoms with van der Waals surface area (Å²) >= 11 is 1.41. The summed E-state index contributed by atoms with van der Waals surface area (Å²) in [5, 5.41) is 12.0. The van der Waals surface area contributed by atoms with Gasteiger partial charge in [0.1, 0.15) is 17.2 Å². The summed E-state index contributed by atoms with van der Waals surface area (Å²) in [5.74, 6) is -0.839. The van der Waals surface area contributed by atoms with E-state index < -0.39 is 11.0 Å². The highest BCUT2D eigenvalue weighted by atomic mass is 32.1. The van der Waals surface area contributed by atoms with Crippen molar-refractivity contribution in [2.24, 2.45) is 11.3 Å². The van der Waals surface area contributed by atoms with Crippen LogP contribution in [0, 0.1) is 11.3 Å². The Morgan fingerprint density at radius 1 is 1.33 bits per heavy atom. The SMILES string of the molecule is COC(=O)C1CCC(O)(c2ncc(-c3cc(N)cc(COC(C)=O)c3)s2)CC1(C)C. The summed E-state index contributed by atoms with van der Waals surface area (Å²) in [6.07, 6.45) is 3.12. The third-order valence-corrected chi connectivity index (χ3v) is 6.91. The molecule has 0 saturated heterocycles. The standard InChI is InChI=1S/C22H28N2O5S/c1-13(25)29-11-14-7-15(9-16(23)8-14)18-10-24-20(30-18)22(27)6-5-17(19(26)28-4)21(2,3)12-22/h7-10,17,27H,5-6,11-12,23H2,1-4H3. The van der Waals surface area contributed by atoms with Gasteiger partial charge in [-0.25, -0.2) is 4.98 Å². The van der Waals surface area contributed by atoms with Crippen LogP contribution < -0.4 is 5.73 Å². The number of aromatic nitrogens is 1. The Morgan fingerprint density at radius 2 is 2.07 bits per heavy atom. The van der Waals surface area contributed by atoms with Crippen LogP contribution in [0.1, 0.15) is 50.6 Å². The fourth-order valence-electron chi connectivity index (χ4n) is 4.25. The van der Waals surface area contributed by atoms with Gasteiger partial charge in [-0.2, -0.15) is 0 Å². The number of methoxy groups -OCH3 is 1. The molecule has 1 aliphatic rings. The van der Waals surface area contributed by atoms with Gasteiger partial charge in [-0.15, -0.1) is 11.3 Å². The topological polar surface area (TPSA) is 112 Å². The van der Waals surface area contributed by atoms with E-state index in [1.807, 2.05) is 26.0 Å². The molecule has 2 aromatic rings. The predicted octanol–water partition coefficient (Wildman–Crippen LogP) is 3.64. The predicted molar refractivity (Wildman–Crippen MR) is 114 cm³/mol. The average Bonchev–Trinajstić information content (AvgIpc) is 3.16. The van der Waals surface area contributed by atoms with Crippen LogP contribution >= 0.6 is 11.3 Å². The van der Waals surface area contributed by atoms with E-state index in [2.05, 4.69) is 4.98 Å². The van der Waals surface area contributed by atoms with Crippen molar-refractivity contribution in [2.75, 3.05) is 12.8 Å². The molecule has 8 heteroatoms. The number of hydrogen-bond donors (Lipinski definition) is 2. The van der Waals surface area contributed by atoms with E-state index in [4.69, 9.17) is 15.2 Å².